The minimum atomic E-state index is -0.585. The van der Waals surface area contributed by atoms with Crippen molar-refractivity contribution < 1.29 is 8.78 Å². The third-order valence-electron chi connectivity index (χ3n) is 3.59. The first-order chi connectivity index (χ1) is 11.9. The van der Waals surface area contributed by atoms with Crippen molar-refractivity contribution in [1.82, 2.24) is 15.6 Å². The van der Waals surface area contributed by atoms with Gasteiger partial charge in [0.2, 0.25) is 0 Å². The van der Waals surface area contributed by atoms with Crippen molar-refractivity contribution in [3.8, 4) is 0 Å². The van der Waals surface area contributed by atoms with Crippen LogP contribution in [0.4, 0.5) is 8.78 Å². The van der Waals surface area contributed by atoms with Crippen LogP contribution in [0.15, 0.2) is 28.6 Å². The molecule has 1 atom stereocenters. The van der Waals surface area contributed by atoms with E-state index in [4.69, 9.17) is 0 Å². The molecule has 1 aromatic heterocycles. The van der Waals surface area contributed by atoms with Gasteiger partial charge in [0.1, 0.15) is 11.6 Å². The molecule has 0 aliphatic rings. The molecule has 0 spiro atoms. The van der Waals surface area contributed by atoms with E-state index in [0.29, 0.717) is 30.5 Å². The van der Waals surface area contributed by atoms with Gasteiger partial charge < -0.3 is 10.6 Å². The van der Waals surface area contributed by atoms with Gasteiger partial charge in [0, 0.05) is 29.5 Å². The van der Waals surface area contributed by atoms with Crippen molar-refractivity contribution in [2.24, 2.45) is 4.99 Å². The van der Waals surface area contributed by atoms with Crippen molar-refractivity contribution in [3.63, 3.8) is 0 Å². The zero-order valence-corrected chi connectivity index (χ0v) is 18.5. The maximum absolute atomic E-state index is 13.9. The molecule has 0 aliphatic heterocycles. The molecule has 0 saturated carbocycles. The third kappa shape index (κ3) is 6.46. The molecule has 0 aliphatic carbocycles. The van der Waals surface area contributed by atoms with Crippen LogP contribution in [-0.2, 0) is 6.54 Å². The first-order valence-corrected chi connectivity index (χ1v) is 9.22. The predicted molar refractivity (Wildman–Crippen MR) is 114 cm³/mol. The summed E-state index contributed by atoms with van der Waals surface area (Å²) < 4.78 is 27.0. The van der Waals surface area contributed by atoms with Crippen LogP contribution in [0.2, 0.25) is 0 Å². The fourth-order valence-corrected chi connectivity index (χ4v) is 3.10. The lowest BCUT2D eigenvalue weighted by atomic mass is 10.1. The lowest BCUT2D eigenvalue weighted by molar-refractivity contribution is 0.551. The Morgan fingerprint density at radius 2 is 2.00 bits per heavy atom. The molecule has 0 amide bonds. The van der Waals surface area contributed by atoms with E-state index in [9.17, 15) is 8.78 Å². The maximum Gasteiger partial charge on any atom is 0.192 e. The summed E-state index contributed by atoms with van der Waals surface area (Å²) in [6.45, 7) is 9.10. The molecule has 2 N–H and O–H groups in total. The number of hydrogen-bond acceptors (Lipinski definition) is 3. The van der Waals surface area contributed by atoms with Crippen LogP contribution in [0, 0.1) is 11.6 Å². The second-order valence-electron chi connectivity index (χ2n) is 6.06. The first kappa shape index (κ1) is 22.8. The Hall–Kier alpha value is -1.29. The van der Waals surface area contributed by atoms with Crippen LogP contribution >= 0.6 is 35.3 Å². The number of aliphatic imine (C=N–C) groups is 1. The second-order valence-corrected chi connectivity index (χ2v) is 6.95. The summed E-state index contributed by atoms with van der Waals surface area (Å²) in [5, 5.41) is 9.37. The molecule has 4 nitrogen and oxygen atoms in total. The molecule has 8 heteroatoms. The molecular weight excluding hydrogens is 469 g/mol. The molecule has 2 rings (SSSR count). The van der Waals surface area contributed by atoms with Crippen LogP contribution < -0.4 is 10.6 Å². The van der Waals surface area contributed by atoms with Gasteiger partial charge in [-0.1, -0.05) is 19.9 Å². The average Bonchev–Trinajstić information content (AvgIpc) is 3.02. The number of thiazole rings is 1. The quantitative estimate of drug-likeness (QED) is 0.339. The standard InChI is InChI=1S/C18H24F2N4S.HI/c1-5-21-18(22-9-14-10-25-17(24-14)11(2)3)23-12(4)15-7-6-13(19)8-16(15)20;/h6-8,10-12H,5,9H2,1-4H3,(H2,21,22,23);1H. The number of halogens is 3. The highest BCUT2D eigenvalue weighted by Gasteiger charge is 2.13. The number of hydrogen-bond donors (Lipinski definition) is 2. The summed E-state index contributed by atoms with van der Waals surface area (Å²) in [4.78, 5) is 9.07. The van der Waals surface area contributed by atoms with Crippen molar-refractivity contribution >= 4 is 41.3 Å². The molecular formula is C18H25F2IN4S. The topological polar surface area (TPSA) is 49.3 Å². The Kier molecular flexibility index (Phi) is 9.42. The molecule has 1 unspecified atom stereocenters. The van der Waals surface area contributed by atoms with Gasteiger partial charge in [0.25, 0.3) is 0 Å². The van der Waals surface area contributed by atoms with Gasteiger partial charge in [-0.05, 0) is 19.9 Å². The van der Waals surface area contributed by atoms with Crippen molar-refractivity contribution in [2.75, 3.05) is 6.54 Å². The van der Waals surface area contributed by atoms with Crippen molar-refractivity contribution in [2.45, 2.75) is 46.2 Å². The molecule has 26 heavy (non-hydrogen) atoms. The molecule has 2 aromatic rings. The van der Waals surface area contributed by atoms with E-state index in [1.165, 1.54) is 12.1 Å². The molecule has 0 radical (unpaired) electrons. The van der Waals surface area contributed by atoms with E-state index in [1.807, 2.05) is 19.2 Å². The SMILES string of the molecule is CCNC(=NCc1csc(C(C)C)n1)NC(C)c1ccc(F)cc1F.I. The number of aromatic nitrogens is 1. The lowest BCUT2D eigenvalue weighted by Crippen LogP contribution is -2.39. The summed E-state index contributed by atoms with van der Waals surface area (Å²) in [5.74, 6) is -0.191. The molecule has 0 fully saturated rings. The Morgan fingerprint density at radius 3 is 2.58 bits per heavy atom. The largest absolute Gasteiger partial charge is 0.357 e. The summed E-state index contributed by atoms with van der Waals surface area (Å²) >= 11 is 1.63. The smallest absolute Gasteiger partial charge is 0.192 e. The van der Waals surface area contributed by atoms with E-state index >= 15 is 0 Å². The zero-order valence-electron chi connectivity index (χ0n) is 15.3. The Labute approximate surface area is 174 Å². The van der Waals surface area contributed by atoms with Gasteiger partial charge in [-0.25, -0.2) is 18.8 Å². The molecule has 0 bridgehead atoms. The van der Waals surface area contributed by atoms with Crippen molar-refractivity contribution in [3.05, 3.63) is 51.5 Å². The van der Waals surface area contributed by atoms with E-state index in [0.717, 1.165) is 16.8 Å². The molecule has 144 valence electrons. The van der Waals surface area contributed by atoms with Crippen LogP contribution in [0.1, 0.15) is 55.9 Å². The minimum absolute atomic E-state index is 0. The Bertz CT molecular complexity index is 734. The van der Waals surface area contributed by atoms with Crippen LogP contribution in [-0.4, -0.2) is 17.5 Å². The van der Waals surface area contributed by atoms with Crippen molar-refractivity contribution in [1.29, 1.82) is 0 Å². The van der Waals surface area contributed by atoms with Gasteiger partial charge in [0.05, 0.1) is 23.3 Å². The number of nitrogens with one attached hydrogen (secondary N) is 2. The first-order valence-electron chi connectivity index (χ1n) is 8.34. The second kappa shape index (κ2) is 10.8. The number of guanidine groups is 1. The number of benzene rings is 1. The van der Waals surface area contributed by atoms with E-state index in [1.54, 1.807) is 11.3 Å². The number of nitrogens with zero attached hydrogens (tertiary/aromatic N) is 2. The highest BCUT2D eigenvalue weighted by molar-refractivity contribution is 14.0. The molecule has 1 heterocycles. The average molecular weight is 494 g/mol. The Morgan fingerprint density at radius 1 is 1.27 bits per heavy atom. The fourth-order valence-electron chi connectivity index (χ4n) is 2.28. The van der Waals surface area contributed by atoms with Crippen LogP contribution in [0.25, 0.3) is 0 Å². The van der Waals surface area contributed by atoms with E-state index in [-0.39, 0.29) is 30.0 Å². The minimum Gasteiger partial charge on any atom is -0.357 e. The predicted octanol–water partition coefficient (Wildman–Crippen LogP) is 4.98. The zero-order chi connectivity index (χ0) is 18.4. The summed E-state index contributed by atoms with van der Waals surface area (Å²) in [6, 6.07) is 3.24. The van der Waals surface area contributed by atoms with Crippen LogP contribution in [0.5, 0.6) is 0 Å². The fraction of sp³-hybridized carbons (Fsp3) is 0.444. The van der Waals surface area contributed by atoms with Gasteiger partial charge >= 0.3 is 0 Å². The monoisotopic (exact) mass is 494 g/mol. The van der Waals surface area contributed by atoms with Crippen LogP contribution in [0.3, 0.4) is 0 Å². The highest BCUT2D eigenvalue weighted by atomic mass is 127. The van der Waals surface area contributed by atoms with Gasteiger partial charge in [-0.15, -0.1) is 35.3 Å². The van der Waals surface area contributed by atoms with Gasteiger partial charge in [0.15, 0.2) is 5.96 Å². The third-order valence-corrected chi connectivity index (χ3v) is 4.78. The van der Waals surface area contributed by atoms with Gasteiger partial charge in [-0.2, -0.15) is 0 Å². The highest BCUT2D eigenvalue weighted by Crippen LogP contribution is 2.20. The summed E-state index contributed by atoms with van der Waals surface area (Å²) in [7, 11) is 0. The molecule has 1 aromatic carbocycles. The summed E-state index contributed by atoms with van der Waals surface area (Å²) in [6.07, 6.45) is 0. The Balaban J connectivity index is 0.00000338. The summed E-state index contributed by atoms with van der Waals surface area (Å²) in [5.41, 5.74) is 1.30. The molecule has 0 saturated heterocycles. The number of rotatable bonds is 6. The maximum atomic E-state index is 13.9. The normalized spacial score (nSPS) is 12.7. The van der Waals surface area contributed by atoms with Gasteiger partial charge in [-0.3, -0.25) is 0 Å². The lowest BCUT2D eigenvalue weighted by Gasteiger charge is -2.18. The van der Waals surface area contributed by atoms with E-state index in [2.05, 4.69) is 34.5 Å². The van der Waals surface area contributed by atoms with E-state index < -0.39 is 11.6 Å².